The first-order valence-corrected chi connectivity index (χ1v) is 14.1. The standard InChI is InChI=1S/C31H24F3N5O3S/c32-31(33,34)24-13-7-12-23(19-24)29(40)35-27(18-21-8-3-1-4-9-21)28-36-37-30(43-20-22-10-5-2-6-11-22)38(28)25-14-16-26(17-15-25)39(41)42/h1-17,19,27H,18,20H2,(H,35,40). The highest BCUT2D eigenvalue weighted by Crippen LogP contribution is 2.31. The van der Waals surface area contributed by atoms with Crippen LogP contribution in [0.25, 0.3) is 5.69 Å². The number of nitro groups is 1. The zero-order valence-electron chi connectivity index (χ0n) is 22.4. The maximum absolute atomic E-state index is 13.4. The van der Waals surface area contributed by atoms with Gasteiger partial charge in [0.05, 0.1) is 16.5 Å². The van der Waals surface area contributed by atoms with Crippen molar-refractivity contribution < 1.29 is 22.9 Å². The minimum Gasteiger partial charge on any atom is -0.342 e. The van der Waals surface area contributed by atoms with Crippen molar-refractivity contribution in [3.8, 4) is 5.69 Å². The van der Waals surface area contributed by atoms with E-state index in [1.54, 1.807) is 16.7 Å². The third kappa shape index (κ3) is 7.28. The summed E-state index contributed by atoms with van der Waals surface area (Å²) >= 11 is 1.39. The molecule has 0 radical (unpaired) electrons. The minimum atomic E-state index is -4.61. The fourth-order valence-electron chi connectivity index (χ4n) is 4.42. The van der Waals surface area contributed by atoms with E-state index in [4.69, 9.17) is 0 Å². The molecule has 218 valence electrons. The molecule has 0 aliphatic heterocycles. The van der Waals surface area contributed by atoms with E-state index in [1.165, 1.54) is 36.0 Å². The fourth-order valence-corrected chi connectivity index (χ4v) is 5.34. The maximum atomic E-state index is 13.4. The highest BCUT2D eigenvalue weighted by molar-refractivity contribution is 7.98. The van der Waals surface area contributed by atoms with Crippen molar-refractivity contribution in [2.45, 2.75) is 29.5 Å². The molecule has 1 amide bonds. The van der Waals surface area contributed by atoms with Crippen molar-refractivity contribution in [2.75, 3.05) is 0 Å². The van der Waals surface area contributed by atoms with Crippen molar-refractivity contribution in [3.63, 3.8) is 0 Å². The maximum Gasteiger partial charge on any atom is 0.416 e. The van der Waals surface area contributed by atoms with Crippen LogP contribution < -0.4 is 5.32 Å². The number of nitro benzene ring substituents is 1. The summed E-state index contributed by atoms with van der Waals surface area (Å²) in [7, 11) is 0. The lowest BCUT2D eigenvalue weighted by Gasteiger charge is -2.20. The highest BCUT2D eigenvalue weighted by atomic mass is 32.2. The second-order valence-corrected chi connectivity index (χ2v) is 10.5. The number of amides is 1. The van der Waals surface area contributed by atoms with Gasteiger partial charge in [-0.05, 0) is 47.9 Å². The number of halogens is 3. The van der Waals surface area contributed by atoms with Crippen LogP contribution in [0.15, 0.2) is 114 Å². The molecule has 5 rings (SSSR count). The number of carbonyl (C=O) groups is 1. The molecule has 4 aromatic carbocycles. The monoisotopic (exact) mass is 603 g/mol. The lowest BCUT2D eigenvalue weighted by molar-refractivity contribution is -0.384. The predicted octanol–water partition coefficient (Wildman–Crippen LogP) is 7.20. The molecule has 0 saturated carbocycles. The number of alkyl halides is 3. The van der Waals surface area contributed by atoms with Gasteiger partial charge in [-0.3, -0.25) is 19.5 Å². The Morgan fingerprint density at radius 1 is 0.884 bits per heavy atom. The number of nitrogens with one attached hydrogen (secondary N) is 1. The van der Waals surface area contributed by atoms with Crippen LogP contribution in [0.1, 0.15) is 38.9 Å². The summed E-state index contributed by atoms with van der Waals surface area (Å²) in [6, 6.07) is 28.1. The highest BCUT2D eigenvalue weighted by Gasteiger charge is 2.31. The molecule has 0 aliphatic rings. The first kappa shape index (κ1) is 29.5. The fraction of sp³-hybridized carbons (Fsp3) is 0.129. The molecule has 1 aromatic heterocycles. The van der Waals surface area contributed by atoms with E-state index in [9.17, 15) is 28.1 Å². The summed E-state index contributed by atoms with van der Waals surface area (Å²) in [5.41, 5.74) is 1.20. The largest absolute Gasteiger partial charge is 0.416 e. The summed E-state index contributed by atoms with van der Waals surface area (Å²) in [4.78, 5) is 24.2. The second-order valence-electron chi connectivity index (χ2n) is 9.52. The van der Waals surface area contributed by atoms with Gasteiger partial charge in [0, 0.05) is 29.1 Å². The van der Waals surface area contributed by atoms with Crippen molar-refractivity contribution in [1.29, 1.82) is 0 Å². The SMILES string of the molecule is O=C(NC(Cc1ccccc1)c1nnc(SCc2ccccc2)n1-c1ccc([N+](=O)[O-])cc1)c1cccc(C(F)(F)F)c1. The Morgan fingerprint density at radius 3 is 2.16 bits per heavy atom. The molecule has 0 spiro atoms. The van der Waals surface area contributed by atoms with Crippen LogP contribution in [-0.2, 0) is 18.3 Å². The predicted molar refractivity (Wildman–Crippen MR) is 156 cm³/mol. The van der Waals surface area contributed by atoms with Gasteiger partial charge in [0.2, 0.25) is 0 Å². The summed E-state index contributed by atoms with van der Waals surface area (Å²) in [6.45, 7) is 0. The van der Waals surface area contributed by atoms with Gasteiger partial charge in [0.1, 0.15) is 0 Å². The molecule has 12 heteroatoms. The van der Waals surface area contributed by atoms with Gasteiger partial charge >= 0.3 is 6.18 Å². The number of nitrogens with zero attached hydrogens (tertiary/aromatic N) is 4. The Bertz CT molecular complexity index is 1710. The molecule has 0 fully saturated rings. The van der Waals surface area contributed by atoms with E-state index in [0.29, 0.717) is 22.4 Å². The lowest BCUT2D eigenvalue weighted by atomic mass is 10.0. The van der Waals surface area contributed by atoms with Crippen LogP contribution in [0.5, 0.6) is 0 Å². The molecule has 1 atom stereocenters. The van der Waals surface area contributed by atoms with Gasteiger partial charge in [0.15, 0.2) is 11.0 Å². The molecule has 0 saturated heterocycles. The van der Waals surface area contributed by atoms with Crippen LogP contribution in [-0.4, -0.2) is 25.6 Å². The smallest absolute Gasteiger partial charge is 0.342 e. The Kier molecular flexibility index (Phi) is 8.86. The number of hydrogen-bond acceptors (Lipinski definition) is 6. The summed E-state index contributed by atoms with van der Waals surface area (Å²) in [5.74, 6) is 0.142. The van der Waals surface area contributed by atoms with Gasteiger partial charge in [0.25, 0.3) is 11.6 Å². The first-order chi connectivity index (χ1) is 20.7. The molecule has 43 heavy (non-hydrogen) atoms. The summed E-state index contributed by atoms with van der Waals surface area (Å²) in [6.07, 6.45) is -4.36. The molecule has 0 aliphatic carbocycles. The van der Waals surface area contributed by atoms with E-state index in [-0.39, 0.29) is 17.7 Å². The van der Waals surface area contributed by atoms with Gasteiger partial charge in [-0.1, -0.05) is 78.5 Å². The van der Waals surface area contributed by atoms with Crippen LogP contribution >= 0.6 is 11.8 Å². The molecular weight excluding hydrogens is 579 g/mol. The van der Waals surface area contributed by atoms with Gasteiger partial charge in [-0.15, -0.1) is 10.2 Å². The number of carbonyl (C=O) groups excluding carboxylic acids is 1. The van der Waals surface area contributed by atoms with E-state index >= 15 is 0 Å². The Hall–Kier alpha value is -4.97. The van der Waals surface area contributed by atoms with Crippen molar-refractivity contribution in [2.24, 2.45) is 0 Å². The van der Waals surface area contributed by atoms with Crippen LogP contribution in [0, 0.1) is 10.1 Å². The van der Waals surface area contributed by atoms with E-state index in [2.05, 4.69) is 15.5 Å². The summed E-state index contributed by atoms with van der Waals surface area (Å²) in [5, 5.41) is 23.4. The van der Waals surface area contributed by atoms with Crippen LogP contribution in [0.2, 0.25) is 0 Å². The third-order valence-electron chi connectivity index (χ3n) is 6.54. The Balaban J connectivity index is 1.55. The van der Waals surface area contributed by atoms with Gasteiger partial charge < -0.3 is 5.32 Å². The van der Waals surface area contributed by atoms with Crippen LogP contribution in [0.3, 0.4) is 0 Å². The molecule has 5 aromatic rings. The van der Waals surface area contributed by atoms with Gasteiger partial charge in [-0.25, -0.2) is 0 Å². The average Bonchev–Trinajstić information content (AvgIpc) is 3.44. The molecule has 8 nitrogen and oxygen atoms in total. The number of hydrogen-bond donors (Lipinski definition) is 1. The zero-order valence-corrected chi connectivity index (χ0v) is 23.3. The average molecular weight is 604 g/mol. The third-order valence-corrected chi connectivity index (χ3v) is 7.54. The number of non-ortho nitro benzene ring substituents is 1. The van der Waals surface area contributed by atoms with Crippen LogP contribution in [0.4, 0.5) is 18.9 Å². The molecule has 1 heterocycles. The van der Waals surface area contributed by atoms with E-state index in [0.717, 1.165) is 23.3 Å². The van der Waals surface area contributed by atoms with Crippen molar-refractivity contribution >= 4 is 23.4 Å². The zero-order chi connectivity index (χ0) is 30.4. The lowest BCUT2D eigenvalue weighted by Crippen LogP contribution is -2.32. The Labute approximate surface area is 248 Å². The van der Waals surface area contributed by atoms with Gasteiger partial charge in [-0.2, -0.15) is 13.2 Å². The molecule has 0 bridgehead atoms. The molecule has 1 N–H and O–H groups in total. The molecular formula is C31H24F3N5O3S. The van der Waals surface area contributed by atoms with E-state index in [1.807, 2.05) is 60.7 Å². The number of thioether (sulfide) groups is 1. The quantitative estimate of drug-likeness (QED) is 0.103. The van der Waals surface area contributed by atoms with Crippen molar-refractivity contribution in [1.82, 2.24) is 20.1 Å². The topological polar surface area (TPSA) is 103 Å². The number of rotatable bonds is 10. The minimum absolute atomic E-state index is 0.101. The summed E-state index contributed by atoms with van der Waals surface area (Å²) < 4.78 is 41.8. The number of aromatic nitrogens is 3. The second kappa shape index (κ2) is 12.9. The Morgan fingerprint density at radius 2 is 1.53 bits per heavy atom. The molecule has 1 unspecified atom stereocenters. The van der Waals surface area contributed by atoms with Crippen molar-refractivity contribution in [3.05, 3.63) is 147 Å². The normalized spacial score (nSPS) is 12.1. The van der Waals surface area contributed by atoms with E-state index < -0.39 is 28.6 Å². The first-order valence-electron chi connectivity index (χ1n) is 13.1. The number of benzene rings is 4.